The molecular weight excluding hydrogens is 284 g/mol. The van der Waals surface area contributed by atoms with Crippen molar-refractivity contribution in [1.82, 2.24) is 9.78 Å². The lowest BCUT2D eigenvalue weighted by Crippen LogP contribution is -2.22. The molecular formula is C12H21BrN2O2. The SMILES string of the molecule is CCc1nn(C)c(CC(O)COC(C)C)c1Br. The van der Waals surface area contributed by atoms with Gasteiger partial charge in [0.15, 0.2) is 0 Å². The fourth-order valence-corrected chi connectivity index (χ4v) is 2.41. The van der Waals surface area contributed by atoms with Crippen LogP contribution < -0.4 is 0 Å². The molecule has 0 amide bonds. The average Bonchev–Trinajstić information content (AvgIpc) is 2.53. The van der Waals surface area contributed by atoms with E-state index in [-0.39, 0.29) is 6.10 Å². The van der Waals surface area contributed by atoms with Crippen LogP contribution in [0.4, 0.5) is 0 Å². The minimum Gasteiger partial charge on any atom is -0.390 e. The summed E-state index contributed by atoms with van der Waals surface area (Å²) in [5, 5.41) is 14.3. The van der Waals surface area contributed by atoms with E-state index in [1.54, 1.807) is 0 Å². The molecule has 5 heteroatoms. The molecule has 1 atom stereocenters. The van der Waals surface area contributed by atoms with Crippen molar-refractivity contribution < 1.29 is 9.84 Å². The van der Waals surface area contributed by atoms with E-state index >= 15 is 0 Å². The number of hydrogen-bond donors (Lipinski definition) is 1. The van der Waals surface area contributed by atoms with Crippen molar-refractivity contribution in [2.75, 3.05) is 6.61 Å². The maximum atomic E-state index is 9.90. The van der Waals surface area contributed by atoms with Crippen molar-refractivity contribution in [1.29, 1.82) is 0 Å². The number of aromatic nitrogens is 2. The molecule has 0 fully saturated rings. The van der Waals surface area contributed by atoms with Crippen molar-refractivity contribution in [3.05, 3.63) is 15.9 Å². The second-order valence-electron chi connectivity index (χ2n) is 4.42. The van der Waals surface area contributed by atoms with E-state index in [4.69, 9.17) is 4.74 Å². The molecule has 0 aliphatic carbocycles. The van der Waals surface area contributed by atoms with Gasteiger partial charge < -0.3 is 9.84 Å². The molecule has 17 heavy (non-hydrogen) atoms. The van der Waals surface area contributed by atoms with Crippen molar-refractivity contribution in [3.63, 3.8) is 0 Å². The summed E-state index contributed by atoms with van der Waals surface area (Å²) < 4.78 is 8.22. The first-order valence-corrected chi connectivity index (χ1v) is 6.74. The molecule has 0 saturated heterocycles. The highest BCUT2D eigenvalue weighted by Crippen LogP contribution is 2.22. The second-order valence-corrected chi connectivity index (χ2v) is 5.22. The molecule has 0 saturated carbocycles. The minimum absolute atomic E-state index is 0.144. The predicted octanol–water partition coefficient (Wildman–Crippen LogP) is 2.07. The number of hydrogen-bond acceptors (Lipinski definition) is 3. The summed E-state index contributed by atoms with van der Waals surface area (Å²) in [5.74, 6) is 0. The van der Waals surface area contributed by atoms with Crippen LogP contribution in [0.3, 0.4) is 0 Å². The number of nitrogens with zero attached hydrogens (tertiary/aromatic N) is 2. The van der Waals surface area contributed by atoms with Crippen LogP contribution in [0.2, 0.25) is 0 Å². The lowest BCUT2D eigenvalue weighted by atomic mass is 10.2. The number of ether oxygens (including phenoxy) is 1. The van der Waals surface area contributed by atoms with E-state index in [9.17, 15) is 5.11 Å². The van der Waals surface area contributed by atoms with Crippen molar-refractivity contribution >= 4 is 15.9 Å². The third-order valence-electron chi connectivity index (χ3n) is 2.55. The number of aliphatic hydroxyl groups is 1. The Balaban J connectivity index is 2.64. The van der Waals surface area contributed by atoms with Gasteiger partial charge in [-0.05, 0) is 36.2 Å². The largest absolute Gasteiger partial charge is 0.390 e. The molecule has 0 aromatic carbocycles. The van der Waals surface area contributed by atoms with Gasteiger partial charge in [0.05, 0.1) is 34.7 Å². The molecule has 1 unspecified atom stereocenters. The highest BCUT2D eigenvalue weighted by atomic mass is 79.9. The molecule has 1 aromatic rings. The monoisotopic (exact) mass is 304 g/mol. The van der Waals surface area contributed by atoms with Gasteiger partial charge in [0, 0.05) is 13.5 Å². The van der Waals surface area contributed by atoms with Crippen LogP contribution in [0.15, 0.2) is 4.47 Å². The van der Waals surface area contributed by atoms with Crippen LogP contribution in [-0.4, -0.2) is 33.7 Å². The van der Waals surface area contributed by atoms with Gasteiger partial charge in [-0.15, -0.1) is 0 Å². The molecule has 1 rings (SSSR count). The highest BCUT2D eigenvalue weighted by Gasteiger charge is 2.16. The van der Waals surface area contributed by atoms with Gasteiger partial charge in [-0.2, -0.15) is 5.10 Å². The summed E-state index contributed by atoms with van der Waals surface area (Å²) in [6, 6.07) is 0. The Kier molecular flexibility index (Phi) is 5.62. The van der Waals surface area contributed by atoms with Gasteiger partial charge in [-0.1, -0.05) is 6.92 Å². The Hall–Kier alpha value is -0.390. The van der Waals surface area contributed by atoms with Crippen LogP contribution in [-0.2, 0) is 24.6 Å². The summed E-state index contributed by atoms with van der Waals surface area (Å²) in [4.78, 5) is 0. The topological polar surface area (TPSA) is 47.3 Å². The quantitative estimate of drug-likeness (QED) is 0.875. The lowest BCUT2D eigenvalue weighted by Gasteiger charge is -2.13. The Labute approximate surface area is 111 Å². The average molecular weight is 305 g/mol. The van der Waals surface area contributed by atoms with Crippen molar-refractivity contribution in [2.24, 2.45) is 7.05 Å². The third-order valence-corrected chi connectivity index (χ3v) is 3.47. The Morgan fingerprint density at radius 3 is 2.59 bits per heavy atom. The van der Waals surface area contributed by atoms with Crippen LogP contribution in [0, 0.1) is 0 Å². The summed E-state index contributed by atoms with van der Waals surface area (Å²) in [7, 11) is 1.90. The molecule has 0 radical (unpaired) electrons. The van der Waals surface area contributed by atoms with Crippen molar-refractivity contribution in [2.45, 2.75) is 45.8 Å². The summed E-state index contributed by atoms with van der Waals surface area (Å²) in [6.07, 6.45) is 1.09. The van der Waals surface area contributed by atoms with Gasteiger partial charge in [-0.3, -0.25) is 4.68 Å². The second kappa shape index (κ2) is 6.52. The number of aryl methyl sites for hydroxylation is 2. The van der Waals surface area contributed by atoms with E-state index in [0.717, 1.165) is 22.3 Å². The molecule has 1 N–H and O–H groups in total. The fraction of sp³-hybridized carbons (Fsp3) is 0.750. The van der Waals surface area contributed by atoms with Crippen LogP contribution in [0.25, 0.3) is 0 Å². The highest BCUT2D eigenvalue weighted by molar-refractivity contribution is 9.10. The minimum atomic E-state index is -0.492. The summed E-state index contributed by atoms with van der Waals surface area (Å²) >= 11 is 3.54. The van der Waals surface area contributed by atoms with Gasteiger partial charge in [0.25, 0.3) is 0 Å². The van der Waals surface area contributed by atoms with Crippen LogP contribution in [0.1, 0.15) is 32.2 Å². The molecule has 0 aliphatic heterocycles. The maximum absolute atomic E-state index is 9.90. The zero-order valence-corrected chi connectivity index (χ0v) is 12.5. The normalized spacial score (nSPS) is 13.4. The lowest BCUT2D eigenvalue weighted by molar-refractivity contribution is 0.00550. The first kappa shape index (κ1) is 14.7. The van der Waals surface area contributed by atoms with Crippen LogP contribution >= 0.6 is 15.9 Å². The standard InChI is InChI=1S/C12H21BrN2O2/c1-5-10-12(13)11(15(4)14-10)6-9(16)7-17-8(2)3/h8-9,16H,5-7H2,1-4H3. The van der Waals surface area contributed by atoms with E-state index in [1.165, 1.54) is 0 Å². The maximum Gasteiger partial charge on any atom is 0.0829 e. The van der Waals surface area contributed by atoms with Gasteiger partial charge in [0.2, 0.25) is 0 Å². The fourth-order valence-electron chi connectivity index (χ4n) is 1.63. The molecule has 0 bridgehead atoms. The molecule has 98 valence electrons. The van der Waals surface area contributed by atoms with Crippen LogP contribution in [0.5, 0.6) is 0 Å². The predicted molar refractivity (Wildman–Crippen MR) is 71.1 cm³/mol. The smallest absolute Gasteiger partial charge is 0.0829 e. The molecule has 4 nitrogen and oxygen atoms in total. The Morgan fingerprint density at radius 1 is 1.47 bits per heavy atom. The molecule has 0 aliphatic rings. The first-order chi connectivity index (χ1) is 7.95. The number of rotatable bonds is 6. The van der Waals surface area contributed by atoms with Crippen molar-refractivity contribution in [3.8, 4) is 0 Å². The number of aliphatic hydroxyl groups excluding tert-OH is 1. The summed E-state index contributed by atoms with van der Waals surface area (Å²) in [5.41, 5.74) is 2.04. The Morgan fingerprint density at radius 2 is 2.12 bits per heavy atom. The molecule has 1 heterocycles. The third kappa shape index (κ3) is 4.08. The zero-order valence-electron chi connectivity index (χ0n) is 10.9. The van der Waals surface area contributed by atoms with E-state index in [0.29, 0.717) is 13.0 Å². The van der Waals surface area contributed by atoms with Gasteiger partial charge >= 0.3 is 0 Å². The summed E-state index contributed by atoms with van der Waals surface area (Å²) in [6.45, 7) is 6.34. The van der Waals surface area contributed by atoms with E-state index < -0.39 is 6.10 Å². The van der Waals surface area contributed by atoms with E-state index in [2.05, 4.69) is 28.0 Å². The molecule has 1 aromatic heterocycles. The van der Waals surface area contributed by atoms with Gasteiger partial charge in [-0.25, -0.2) is 0 Å². The first-order valence-electron chi connectivity index (χ1n) is 5.95. The Bertz CT molecular complexity index is 364. The molecule has 0 spiro atoms. The van der Waals surface area contributed by atoms with E-state index in [1.807, 2.05) is 25.6 Å². The number of halogens is 1. The van der Waals surface area contributed by atoms with Gasteiger partial charge in [0.1, 0.15) is 0 Å². The zero-order chi connectivity index (χ0) is 13.0.